The summed E-state index contributed by atoms with van der Waals surface area (Å²) in [5, 5.41) is 12.7. The number of carbonyl (C=O) groups is 2. The molecule has 1 atom stereocenters. The normalized spacial score (nSPS) is 17.2. The Morgan fingerprint density at radius 3 is 2.38 bits per heavy atom. The summed E-state index contributed by atoms with van der Waals surface area (Å²) in [7, 11) is 0. The molecule has 2 aromatic carbocycles. The number of nitro groups is 1. The number of amides is 2. The van der Waals surface area contributed by atoms with Crippen LogP contribution in [0.2, 0.25) is 0 Å². The molecule has 0 aliphatic carbocycles. The second-order valence-electron chi connectivity index (χ2n) is 5.12. The number of imide groups is 1. The van der Waals surface area contributed by atoms with E-state index in [0.29, 0.717) is 5.56 Å². The van der Waals surface area contributed by atoms with Crippen LogP contribution in [0.25, 0.3) is 0 Å². The summed E-state index contributed by atoms with van der Waals surface area (Å²) < 4.78 is 0. The number of carbonyl (C=O) groups excluding carboxylic acids is 2. The lowest BCUT2D eigenvalue weighted by atomic mass is 10.2. The number of anilines is 1. The smallest absolute Gasteiger partial charge is 0.291 e. The van der Waals surface area contributed by atoms with Crippen molar-refractivity contribution < 1.29 is 14.5 Å². The number of hydrogen-bond donors (Lipinski definition) is 1. The van der Waals surface area contributed by atoms with Crippen LogP contribution >= 0.6 is 11.8 Å². The summed E-state index contributed by atoms with van der Waals surface area (Å²) in [5.74, 6) is -0.327. The molecule has 122 valence electrons. The molecule has 1 fully saturated rings. The number of nitro benzene ring substituents is 1. The largest absolute Gasteiger partial charge is 0.365 e. The fraction of sp³-hybridized carbons (Fsp3) is 0.125. The van der Waals surface area contributed by atoms with Gasteiger partial charge in [0.1, 0.15) is 0 Å². The molecule has 1 saturated heterocycles. The van der Waals surface area contributed by atoms with Crippen LogP contribution in [0, 0.1) is 10.1 Å². The number of rotatable bonds is 5. The number of para-hydroxylation sites is 1. The van der Waals surface area contributed by atoms with Gasteiger partial charge in [0.25, 0.3) is 16.8 Å². The summed E-state index contributed by atoms with van der Waals surface area (Å²) in [6.07, 6.45) is 0. The van der Waals surface area contributed by atoms with Crippen molar-refractivity contribution in [3.8, 4) is 0 Å². The summed E-state index contributed by atoms with van der Waals surface area (Å²) in [6.45, 7) is 0.0929. The van der Waals surface area contributed by atoms with E-state index >= 15 is 0 Å². The van der Waals surface area contributed by atoms with E-state index in [1.165, 1.54) is 12.1 Å². The Bertz CT molecular complexity index is 780. The van der Waals surface area contributed by atoms with Gasteiger partial charge in [0.2, 0.25) is 0 Å². The van der Waals surface area contributed by atoms with Gasteiger partial charge in [-0.3, -0.25) is 24.6 Å². The van der Waals surface area contributed by atoms with Crippen molar-refractivity contribution >= 4 is 34.3 Å². The molecule has 1 heterocycles. The van der Waals surface area contributed by atoms with E-state index in [0.717, 1.165) is 22.3 Å². The quantitative estimate of drug-likeness (QED) is 0.662. The van der Waals surface area contributed by atoms with Crippen LogP contribution < -0.4 is 5.32 Å². The second kappa shape index (κ2) is 6.71. The minimum atomic E-state index is -0.669. The Labute approximate surface area is 141 Å². The Morgan fingerprint density at radius 1 is 1.08 bits per heavy atom. The van der Waals surface area contributed by atoms with Crippen LogP contribution in [0.3, 0.4) is 0 Å². The molecule has 2 amide bonds. The zero-order chi connectivity index (χ0) is 17.1. The van der Waals surface area contributed by atoms with Gasteiger partial charge in [-0.15, -0.1) is 0 Å². The van der Waals surface area contributed by atoms with E-state index < -0.39 is 10.3 Å². The van der Waals surface area contributed by atoms with Gasteiger partial charge in [-0.25, -0.2) is 0 Å². The van der Waals surface area contributed by atoms with Gasteiger partial charge in [-0.05, 0) is 29.5 Å². The van der Waals surface area contributed by atoms with Crippen LogP contribution in [-0.4, -0.2) is 26.3 Å². The van der Waals surface area contributed by atoms with Crippen molar-refractivity contribution in [2.75, 3.05) is 5.32 Å². The lowest BCUT2D eigenvalue weighted by molar-refractivity contribution is -0.384. The molecule has 24 heavy (non-hydrogen) atoms. The van der Waals surface area contributed by atoms with Gasteiger partial charge in [-0.1, -0.05) is 30.3 Å². The lowest BCUT2D eigenvalue weighted by Crippen LogP contribution is -2.33. The van der Waals surface area contributed by atoms with E-state index in [9.17, 15) is 19.7 Å². The van der Waals surface area contributed by atoms with Gasteiger partial charge in [-0.2, -0.15) is 0 Å². The van der Waals surface area contributed by atoms with Crippen molar-refractivity contribution in [2.24, 2.45) is 0 Å². The molecule has 0 bridgehead atoms. The predicted octanol–water partition coefficient (Wildman–Crippen LogP) is 3.23. The van der Waals surface area contributed by atoms with Crippen molar-refractivity contribution in [1.82, 2.24) is 4.90 Å². The number of thioether (sulfide) groups is 1. The van der Waals surface area contributed by atoms with Crippen molar-refractivity contribution in [3.63, 3.8) is 0 Å². The van der Waals surface area contributed by atoms with Gasteiger partial charge in [0.15, 0.2) is 5.37 Å². The monoisotopic (exact) mass is 343 g/mol. The fourth-order valence-corrected chi connectivity index (χ4v) is 3.18. The maximum absolute atomic E-state index is 12.4. The van der Waals surface area contributed by atoms with Crippen molar-refractivity contribution in [2.45, 2.75) is 11.9 Å². The molecule has 3 rings (SSSR count). The molecule has 7 nitrogen and oxygen atoms in total. The Balaban J connectivity index is 1.69. The number of benzene rings is 2. The van der Waals surface area contributed by atoms with Gasteiger partial charge in [0, 0.05) is 17.8 Å². The van der Waals surface area contributed by atoms with Crippen LogP contribution in [0.5, 0.6) is 0 Å². The summed E-state index contributed by atoms with van der Waals surface area (Å²) in [6, 6.07) is 15.0. The summed E-state index contributed by atoms with van der Waals surface area (Å²) in [5.41, 5.74) is 1.38. The number of hydrogen-bond acceptors (Lipinski definition) is 6. The average Bonchev–Trinajstić information content (AvgIpc) is 2.84. The third-order valence-electron chi connectivity index (χ3n) is 3.49. The third kappa shape index (κ3) is 3.38. The minimum Gasteiger partial charge on any atom is -0.365 e. The van der Waals surface area contributed by atoms with E-state index in [1.807, 2.05) is 30.3 Å². The van der Waals surface area contributed by atoms with E-state index in [4.69, 9.17) is 0 Å². The first-order valence-electron chi connectivity index (χ1n) is 7.11. The molecule has 1 aliphatic heterocycles. The first-order chi connectivity index (χ1) is 11.5. The van der Waals surface area contributed by atoms with Crippen LogP contribution in [-0.2, 0) is 11.3 Å². The average molecular weight is 343 g/mol. The molecular formula is C16H13N3O4S. The summed E-state index contributed by atoms with van der Waals surface area (Å²) >= 11 is 0.922. The molecule has 0 saturated carbocycles. The Hall–Kier alpha value is -2.87. The predicted molar refractivity (Wildman–Crippen MR) is 90.5 cm³/mol. The van der Waals surface area contributed by atoms with Gasteiger partial charge in [0.05, 0.1) is 11.5 Å². The zero-order valence-electron chi connectivity index (χ0n) is 12.4. The topological polar surface area (TPSA) is 92.6 Å². The highest BCUT2D eigenvalue weighted by Gasteiger charge is 2.39. The third-order valence-corrected chi connectivity index (χ3v) is 4.47. The molecular weight excluding hydrogens is 330 g/mol. The van der Waals surface area contributed by atoms with Gasteiger partial charge >= 0.3 is 0 Å². The summed E-state index contributed by atoms with van der Waals surface area (Å²) in [4.78, 5) is 35.8. The number of nitrogens with one attached hydrogen (secondary N) is 1. The van der Waals surface area contributed by atoms with E-state index in [1.54, 1.807) is 12.1 Å². The van der Waals surface area contributed by atoms with Crippen LogP contribution in [0.15, 0.2) is 54.6 Å². The fourth-order valence-electron chi connectivity index (χ4n) is 2.27. The molecule has 0 spiro atoms. The van der Waals surface area contributed by atoms with Gasteiger partial charge < -0.3 is 5.32 Å². The first-order valence-corrected chi connectivity index (χ1v) is 7.99. The van der Waals surface area contributed by atoms with Crippen molar-refractivity contribution in [3.05, 3.63) is 70.3 Å². The minimum absolute atomic E-state index is 0.0316. The molecule has 2 aromatic rings. The number of nitrogens with zero attached hydrogens (tertiary/aromatic N) is 2. The molecule has 0 unspecified atom stereocenters. The van der Waals surface area contributed by atoms with Crippen LogP contribution in [0.4, 0.5) is 16.2 Å². The lowest BCUT2D eigenvalue weighted by Gasteiger charge is -2.14. The highest BCUT2D eigenvalue weighted by Crippen LogP contribution is 2.29. The Kier molecular flexibility index (Phi) is 4.48. The maximum Gasteiger partial charge on any atom is 0.291 e. The highest BCUT2D eigenvalue weighted by molar-refractivity contribution is 8.15. The molecule has 8 heteroatoms. The zero-order valence-corrected chi connectivity index (χ0v) is 13.2. The highest BCUT2D eigenvalue weighted by atomic mass is 32.2. The molecule has 1 aliphatic rings. The maximum atomic E-state index is 12.4. The second-order valence-corrected chi connectivity index (χ2v) is 6.18. The van der Waals surface area contributed by atoms with E-state index in [-0.39, 0.29) is 23.4 Å². The standard InChI is InChI=1S/C16H13N3O4S/c20-15-14(17-12-4-2-1-3-5-12)24-16(21)18(15)10-11-6-8-13(9-7-11)19(22)23/h1-9,14,17H,10H2/t14-/m1/s1. The Morgan fingerprint density at radius 2 is 1.75 bits per heavy atom. The molecule has 1 N–H and O–H groups in total. The number of non-ortho nitro benzene ring substituents is 1. The SMILES string of the molecule is O=C1S[C@@H](Nc2ccccc2)C(=O)N1Cc1ccc([N+](=O)[O-])cc1. The van der Waals surface area contributed by atoms with Crippen LogP contribution in [0.1, 0.15) is 5.56 Å². The molecule has 0 aromatic heterocycles. The van der Waals surface area contributed by atoms with E-state index in [2.05, 4.69) is 5.32 Å². The first kappa shape index (κ1) is 16.0. The van der Waals surface area contributed by atoms with Crippen molar-refractivity contribution in [1.29, 1.82) is 0 Å². The molecule has 0 radical (unpaired) electrons.